The van der Waals surface area contributed by atoms with Crippen LogP contribution >= 0.6 is 0 Å². The minimum atomic E-state index is -0.135. The third-order valence-corrected chi connectivity index (χ3v) is 2.25. The van der Waals surface area contributed by atoms with E-state index in [9.17, 15) is 4.79 Å². The fraction of sp³-hybridized carbons (Fsp3) is 0.400. The molecule has 0 bridgehead atoms. The van der Waals surface area contributed by atoms with Gasteiger partial charge in [-0.1, -0.05) is 6.07 Å². The van der Waals surface area contributed by atoms with Gasteiger partial charge in [-0.25, -0.2) is 4.98 Å². The number of nitrogens with two attached hydrogens (primary N) is 1. The zero-order valence-electron chi connectivity index (χ0n) is 7.86. The molecular formula is C10H13N3O. The Morgan fingerprint density at radius 2 is 2.36 bits per heavy atom. The average Bonchev–Trinajstić information content (AvgIpc) is 2.97. The van der Waals surface area contributed by atoms with Gasteiger partial charge in [0.1, 0.15) is 11.5 Å². The normalized spacial score (nSPS) is 15.1. The molecule has 74 valence electrons. The molecule has 1 saturated carbocycles. The van der Waals surface area contributed by atoms with E-state index in [4.69, 9.17) is 5.73 Å². The van der Waals surface area contributed by atoms with Crippen LogP contribution in [-0.2, 0) is 0 Å². The molecule has 0 aromatic carbocycles. The Bertz CT molecular complexity index is 347. The molecule has 1 aromatic heterocycles. The summed E-state index contributed by atoms with van der Waals surface area (Å²) in [6.45, 7) is 0.759. The Balaban J connectivity index is 1.95. The smallest absolute Gasteiger partial charge is 0.269 e. The van der Waals surface area contributed by atoms with E-state index in [1.807, 2.05) is 0 Å². The number of carbonyl (C=O) groups excluding carboxylic acids is 1. The van der Waals surface area contributed by atoms with E-state index in [1.54, 1.807) is 18.2 Å². The lowest BCUT2D eigenvalue weighted by Crippen LogP contribution is -2.26. The van der Waals surface area contributed by atoms with Crippen LogP contribution in [0, 0.1) is 5.92 Å². The molecule has 1 aromatic rings. The van der Waals surface area contributed by atoms with E-state index in [2.05, 4.69) is 10.3 Å². The van der Waals surface area contributed by atoms with Gasteiger partial charge in [-0.05, 0) is 30.9 Å². The molecule has 0 spiro atoms. The van der Waals surface area contributed by atoms with E-state index in [-0.39, 0.29) is 5.91 Å². The Kier molecular flexibility index (Phi) is 2.35. The zero-order valence-corrected chi connectivity index (χ0v) is 7.86. The average molecular weight is 191 g/mol. The van der Waals surface area contributed by atoms with Gasteiger partial charge >= 0.3 is 0 Å². The van der Waals surface area contributed by atoms with Crippen molar-refractivity contribution in [2.45, 2.75) is 12.8 Å². The van der Waals surface area contributed by atoms with Crippen molar-refractivity contribution >= 4 is 11.7 Å². The van der Waals surface area contributed by atoms with Gasteiger partial charge in [0.05, 0.1) is 0 Å². The highest BCUT2D eigenvalue weighted by molar-refractivity contribution is 5.92. The van der Waals surface area contributed by atoms with Crippen LogP contribution in [0.15, 0.2) is 18.2 Å². The van der Waals surface area contributed by atoms with Crippen molar-refractivity contribution in [2.24, 2.45) is 5.92 Å². The zero-order chi connectivity index (χ0) is 9.97. The molecule has 1 aliphatic rings. The van der Waals surface area contributed by atoms with E-state index in [1.165, 1.54) is 12.8 Å². The highest BCUT2D eigenvalue weighted by atomic mass is 16.1. The maximum Gasteiger partial charge on any atom is 0.269 e. The van der Waals surface area contributed by atoms with Crippen LogP contribution < -0.4 is 11.1 Å². The fourth-order valence-corrected chi connectivity index (χ4v) is 1.23. The van der Waals surface area contributed by atoms with Crippen LogP contribution in [0.25, 0.3) is 0 Å². The van der Waals surface area contributed by atoms with Gasteiger partial charge in [0, 0.05) is 6.54 Å². The summed E-state index contributed by atoms with van der Waals surface area (Å²) in [5.74, 6) is 0.924. The number of hydrogen-bond acceptors (Lipinski definition) is 3. The molecule has 0 radical (unpaired) electrons. The number of aromatic nitrogens is 1. The van der Waals surface area contributed by atoms with E-state index in [0.29, 0.717) is 17.4 Å². The van der Waals surface area contributed by atoms with Crippen LogP contribution in [0.5, 0.6) is 0 Å². The second kappa shape index (κ2) is 3.65. The molecule has 1 amide bonds. The number of pyridine rings is 1. The van der Waals surface area contributed by atoms with Gasteiger partial charge in [0.25, 0.3) is 5.91 Å². The van der Waals surface area contributed by atoms with Crippen molar-refractivity contribution in [1.29, 1.82) is 0 Å². The Hall–Kier alpha value is -1.58. The van der Waals surface area contributed by atoms with Crippen molar-refractivity contribution in [3.63, 3.8) is 0 Å². The second-order valence-electron chi connectivity index (χ2n) is 3.60. The number of amides is 1. The second-order valence-corrected chi connectivity index (χ2v) is 3.60. The summed E-state index contributed by atoms with van der Waals surface area (Å²) in [6.07, 6.45) is 2.45. The number of rotatable bonds is 3. The van der Waals surface area contributed by atoms with Crippen LogP contribution in [0.1, 0.15) is 23.3 Å². The number of anilines is 1. The topological polar surface area (TPSA) is 68.0 Å². The maximum absolute atomic E-state index is 11.5. The summed E-state index contributed by atoms with van der Waals surface area (Å²) in [6, 6.07) is 5.06. The van der Waals surface area contributed by atoms with Crippen LogP contribution in [0.2, 0.25) is 0 Å². The van der Waals surface area contributed by atoms with Crippen molar-refractivity contribution in [3.8, 4) is 0 Å². The Morgan fingerprint density at radius 1 is 1.57 bits per heavy atom. The largest absolute Gasteiger partial charge is 0.384 e. The summed E-state index contributed by atoms with van der Waals surface area (Å²) >= 11 is 0. The molecule has 3 N–H and O–H groups in total. The van der Waals surface area contributed by atoms with Crippen LogP contribution in [0.3, 0.4) is 0 Å². The van der Waals surface area contributed by atoms with Crippen LogP contribution in [0.4, 0.5) is 5.82 Å². The predicted octanol–water partition coefficient (Wildman–Crippen LogP) is 0.804. The Labute approximate surface area is 82.5 Å². The number of nitrogens with zero attached hydrogens (tertiary/aromatic N) is 1. The van der Waals surface area contributed by atoms with E-state index < -0.39 is 0 Å². The molecule has 0 saturated heterocycles. The van der Waals surface area contributed by atoms with Gasteiger partial charge in [-0.15, -0.1) is 0 Å². The molecular weight excluding hydrogens is 178 g/mol. The lowest BCUT2D eigenvalue weighted by atomic mass is 10.3. The molecule has 1 fully saturated rings. The third kappa shape index (κ3) is 2.22. The summed E-state index contributed by atoms with van der Waals surface area (Å²) in [5.41, 5.74) is 5.87. The van der Waals surface area contributed by atoms with Gasteiger partial charge < -0.3 is 11.1 Å². The highest BCUT2D eigenvalue weighted by Crippen LogP contribution is 2.27. The first-order chi connectivity index (χ1) is 6.75. The molecule has 4 nitrogen and oxygen atoms in total. The minimum Gasteiger partial charge on any atom is -0.384 e. The molecule has 14 heavy (non-hydrogen) atoms. The Morgan fingerprint density at radius 3 is 3.00 bits per heavy atom. The lowest BCUT2D eigenvalue weighted by Gasteiger charge is -2.03. The number of carbonyl (C=O) groups is 1. The van der Waals surface area contributed by atoms with Crippen molar-refractivity contribution < 1.29 is 4.79 Å². The van der Waals surface area contributed by atoms with Gasteiger partial charge in [-0.3, -0.25) is 4.79 Å². The molecule has 4 heteroatoms. The number of nitrogens with one attached hydrogen (secondary N) is 1. The van der Waals surface area contributed by atoms with E-state index >= 15 is 0 Å². The minimum absolute atomic E-state index is 0.135. The van der Waals surface area contributed by atoms with Crippen molar-refractivity contribution in [3.05, 3.63) is 23.9 Å². The first-order valence-electron chi connectivity index (χ1n) is 4.76. The van der Waals surface area contributed by atoms with Gasteiger partial charge in [0.2, 0.25) is 0 Å². The quantitative estimate of drug-likeness (QED) is 0.742. The molecule has 1 heterocycles. The fourth-order valence-electron chi connectivity index (χ4n) is 1.23. The van der Waals surface area contributed by atoms with Crippen molar-refractivity contribution in [1.82, 2.24) is 10.3 Å². The number of nitrogen functional groups attached to an aromatic ring is 1. The van der Waals surface area contributed by atoms with Gasteiger partial charge in [0.15, 0.2) is 0 Å². The molecule has 2 rings (SSSR count). The summed E-state index contributed by atoms with van der Waals surface area (Å²) in [7, 11) is 0. The molecule has 0 unspecified atom stereocenters. The lowest BCUT2D eigenvalue weighted by molar-refractivity contribution is 0.0947. The molecule has 0 aliphatic heterocycles. The monoisotopic (exact) mass is 191 g/mol. The highest BCUT2D eigenvalue weighted by Gasteiger charge is 2.22. The van der Waals surface area contributed by atoms with Crippen LogP contribution in [-0.4, -0.2) is 17.4 Å². The number of hydrogen-bond donors (Lipinski definition) is 2. The summed E-state index contributed by atoms with van der Waals surface area (Å²) in [4.78, 5) is 15.4. The maximum atomic E-state index is 11.5. The summed E-state index contributed by atoms with van der Waals surface area (Å²) < 4.78 is 0. The third-order valence-electron chi connectivity index (χ3n) is 2.25. The first-order valence-corrected chi connectivity index (χ1v) is 4.76. The molecule has 0 atom stereocenters. The summed E-state index contributed by atoms with van der Waals surface area (Å²) in [5, 5.41) is 2.83. The van der Waals surface area contributed by atoms with Gasteiger partial charge in [-0.2, -0.15) is 0 Å². The van der Waals surface area contributed by atoms with E-state index in [0.717, 1.165) is 6.54 Å². The SMILES string of the molecule is Nc1cccc(C(=O)NCC2CC2)n1. The predicted molar refractivity (Wildman–Crippen MR) is 53.7 cm³/mol. The van der Waals surface area contributed by atoms with Crippen molar-refractivity contribution in [2.75, 3.05) is 12.3 Å². The standard InChI is InChI=1S/C10H13N3O/c11-9-3-1-2-8(13-9)10(14)12-6-7-4-5-7/h1-3,7H,4-6H2,(H2,11,13)(H,12,14). The molecule has 1 aliphatic carbocycles. The first kappa shape index (κ1) is 8.99.